The van der Waals surface area contributed by atoms with Gasteiger partial charge in [0.25, 0.3) is 5.91 Å². The molecule has 0 bridgehead atoms. The van der Waals surface area contributed by atoms with Crippen LogP contribution in [-0.4, -0.2) is 23.7 Å². The standard InChI is InChI=1S/C10H11FN2O4/c11-7-1-2-8(6(3-7)4-14)17-5-9(15)13-10(12)16/h1-3,14H,4-5H2,(H3,12,13,15,16). The Labute approximate surface area is 96.2 Å². The van der Waals surface area contributed by atoms with Crippen LogP contribution in [0.15, 0.2) is 18.2 Å². The third-order valence-electron chi connectivity index (χ3n) is 1.81. The lowest BCUT2D eigenvalue weighted by Gasteiger charge is -2.09. The minimum atomic E-state index is -0.986. The third-order valence-corrected chi connectivity index (χ3v) is 1.81. The summed E-state index contributed by atoms with van der Waals surface area (Å²) in [6, 6.07) is 2.50. The monoisotopic (exact) mass is 242 g/mol. The van der Waals surface area contributed by atoms with Crippen LogP contribution < -0.4 is 15.8 Å². The number of hydrogen-bond donors (Lipinski definition) is 3. The molecule has 0 aromatic heterocycles. The molecule has 17 heavy (non-hydrogen) atoms. The molecule has 0 unspecified atom stereocenters. The summed E-state index contributed by atoms with van der Waals surface area (Å²) in [5.41, 5.74) is 4.93. The molecule has 1 rings (SSSR count). The van der Waals surface area contributed by atoms with Gasteiger partial charge in [0.1, 0.15) is 11.6 Å². The molecule has 0 heterocycles. The lowest BCUT2D eigenvalue weighted by Crippen LogP contribution is -2.38. The molecule has 0 atom stereocenters. The van der Waals surface area contributed by atoms with Crippen LogP contribution in [0.25, 0.3) is 0 Å². The molecular formula is C10H11FN2O4. The molecule has 0 saturated heterocycles. The highest BCUT2D eigenvalue weighted by atomic mass is 19.1. The largest absolute Gasteiger partial charge is 0.483 e. The van der Waals surface area contributed by atoms with Crippen molar-refractivity contribution >= 4 is 11.9 Å². The van der Waals surface area contributed by atoms with Gasteiger partial charge in [-0.25, -0.2) is 9.18 Å². The molecule has 1 aromatic rings. The summed E-state index contributed by atoms with van der Waals surface area (Å²) >= 11 is 0. The number of hydrogen-bond acceptors (Lipinski definition) is 4. The number of amides is 3. The van der Waals surface area contributed by atoms with E-state index < -0.39 is 31.0 Å². The van der Waals surface area contributed by atoms with Crippen LogP contribution in [0.2, 0.25) is 0 Å². The summed E-state index contributed by atoms with van der Waals surface area (Å²) in [5, 5.41) is 10.7. The number of carbonyl (C=O) groups excluding carboxylic acids is 2. The topological polar surface area (TPSA) is 102 Å². The fourth-order valence-corrected chi connectivity index (χ4v) is 1.13. The predicted molar refractivity (Wildman–Crippen MR) is 55.5 cm³/mol. The Balaban J connectivity index is 2.63. The minimum absolute atomic E-state index is 0.161. The highest BCUT2D eigenvalue weighted by Gasteiger charge is 2.08. The molecule has 6 nitrogen and oxygen atoms in total. The highest BCUT2D eigenvalue weighted by molar-refractivity contribution is 5.94. The number of carbonyl (C=O) groups is 2. The lowest BCUT2D eigenvalue weighted by molar-refractivity contribution is -0.121. The molecule has 0 fully saturated rings. The molecule has 0 aliphatic rings. The van der Waals surface area contributed by atoms with E-state index in [1.165, 1.54) is 6.07 Å². The Morgan fingerprint density at radius 1 is 1.47 bits per heavy atom. The molecule has 3 amide bonds. The highest BCUT2D eigenvalue weighted by Crippen LogP contribution is 2.19. The second-order valence-corrected chi connectivity index (χ2v) is 3.11. The van der Waals surface area contributed by atoms with Gasteiger partial charge in [0.15, 0.2) is 6.61 Å². The van der Waals surface area contributed by atoms with Crippen molar-refractivity contribution in [2.24, 2.45) is 5.73 Å². The van der Waals surface area contributed by atoms with Gasteiger partial charge in [0.2, 0.25) is 0 Å². The molecule has 0 spiro atoms. The molecule has 92 valence electrons. The molecule has 0 aliphatic heterocycles. The van der Waals surface area contributed by atoms with Crippen LogP contribution >= 0.6 is 0 Å². The fraction of sp³-hybridized carbons (Fsp3) is 0.200. The van der Waals surface area contributed by atoms with Crippen molar-refractivity contribution in [3.63, 3.8) is 0 Å². The Hall–Kier alpha value is -2.15. The van der Waals surface area contributed by atoms with E-state index >= 15 is 0 Å². The molecule has 0 radical (unpaired) electrons. The Bertz CT molecular complexity index is 436. The van der Waals surface area contributed by atoms with E-state index in [0.29, 0.717) is 0 Å². The normalized spacial score (nSPS) is 9.76. The number of primary amides is 1. The van der Waals surface area contributed by atoms with Crippen molar-refractivity contribution in [3.8, 4) is 5.75 Å². The summed E-state index contributed by atoms with van der Waals surface area (Å²) in [7, 11) is 0. The summed E-state index contributed by atoms with van der Waals surface area (Å²) in [6.45, 7) is -0.883. The van der Waals surface area contributed by atoms with E-state index in [2.05, 4.69) is 0 Å². The van der Waals surface area contributed by atoms with E-state index in [-0.39, 0.29) is 11.3 Å². The van der Waals surface area contributed by atoms with Crippen molar-refractivity contribution < 1.29 is 23.8 Å². The van der Waals surface area contributed by atoms with E-state index in [1.807, 2.05) is 0 Å². The van der Waals surface area contributed by atoms with E-state index in [1.54, 1.807) is 5.32 Å². The first-order valence-corrected chi connectivity index (χ1v) is 4.64. The number of ether oxygens (including phenoxy) is 1. The van der Waals surface area contributed by atoms with Crippen molar-refractivity contribution in [2.45, 2.75) is 6.61 Å². The number of aliphatic hydroxyl groups is 1. The number of rotatable bonds is 4. The van der Waals surface area contributed by atoms with Gasteiger partial charge in [-0.15, -0.1) is 0 Å². The maximum Gasteiger partial charge on any atom is 0.318 e. The van der Waals surface area contributed by atoms with Gasteiger partial charge in [0.05, 0.1) is 6.61 Å². The van der Waals surface area contributed by atoms with Gasteiger partial charge in [-0.1, -0.05) is 0 Å². The summed E-state index contributed by atoms with van der Waals surface area (Å²) < 4.78 is 17.8. The first-order chi connectivity index (χ1) is 8.02. The van der Waals surface area contributed by atoms with Crippen molar-refractivity contribution in [3.05, 3.63) is 29.6 Å². The molecule has 4 N–H and O–H groups in total. The number of nitrogens with two attached hydrogens (primary N) is 1. The molecule has 0 aliphatic carbocycles. The second-order valence-electron chi connectivity index (χ2n) is 3.11. The van der Waals surface area contributed by atoms with Crippen LogP contribution in [0.1, 0.15) is 5.56 Å². The number of halogens is 1. The van der Waals surface area contributed by atoms with E-state index in [4.69, 9.17) is 15.6 Å². The van der Waals surface area contributed by atoms with Gasteiger partial charge in [-0.2, -0.15) is 0 Å². The van der Waals surface area contributed by atoms with E-state index in [0.717, 1.165) is 12.1 Å². The quantitative estimate of drug-likeness (QED) is 0.685. The first-order valence-electron chi connectivity index (χ1n) is 4.64. The lowest BCUT2D eigenvalue weighted by atomic mass is 10.2. The molecule has 1 aromatic carbocycles. The summed E-state index contributed by atoms with van der Waals surface area (Å²) in [5.74, 6) is -1.10. The average Bonchev–Trinajstić information content (AvgIpc) is 2.26. The second kappa shape index (κ2) is 5.80. The number of aliphatic hydroxyl groups excluding tert-OH is 1. The van der Waals surface area contributed by atoms with Crippen molar-refractivity contribution in [1.82, 2.24) is 5.32 Å². The maximum absolute atomic E-state index is 12.8. The number of nitrogens with one attached hydrogen (secondary N) is 1. The zero-order valence-electron chi connectivity index (χ0n) is 8.77. The Morgan fingerprint density at radius 3 is 2.76 bits per heavy atom. The van der Waals surface area contributed by atoms with Gasteiger partial charge in [0, 0.05) is 5.56 Å². The summed E-state index contributed by atoms with van der Waals surface area (Å²) in [4.78, 5) is 21.4. The minimum Gasteiger partial charge on any atom is -0.483 e. The van der Waals surface area contributed by atoms with Crippen LogP contribution in [-0.2, 0) is 11.4 Å². The number of imide groups is 1. The molecule has 7 heteroatoms. The third kappa shape index (κ3) is 4.07. The van der Waals surface area contributed by atoms with Crippen molar-refractivity contribution in [1.29, 1.82) is 0 Å². The van der Waals surface area contributed by atoms with Crippen molar-refractivity contribution in [2.75, 3.05) is 6.61 Å². The van der Waals surface area contributed by atoms with Gasteiger partial charge in [-0.05, 0) is 18.2 Å². The van der Waals surface area contributed by atoms with Gasteiger partial charge in [-0.3, -0.25) is 10.1 Å². The Kier molecular flexibility index (Phi) is 4.41. The van der Waals surface area contributed by atoms with Crippen LogP contribution in [0.4, 0.5) is 9.18 Å². The fourth-order valence-electron chi connectivity index (χ4n) is 1.13. The molecular weight excluding hydrogens is 231 g/mol. The summed E-state index contributed by atoms with van der Waals surface area (Å²) in [6.07, 6.45) is 0. The smallest absolute Gasteiger partial charge is 0.318 e. The number of benzene rings is 1. The van der Waals surface area contributed by atoms with Crippen LogP contribution in [0.5, 0.6) is 5.75 Å². The van der Waals surface area contributed by atoms with Gasteiger partial charge < -0.3 is 15.6 Å². The first kappa shape index (κ1) is 12.9. The van der Waals surface area contributed by atoms with E-state index in [9.17, 15) is 14.0 Å². The zero-order valence-corrected chi connectivity index (χ0v) is 8.77. The SMILES string of the molecule is NC(=O)NC(=O)COc1ccc(F)cc1CO. The predicted octanol–water partition coefficient (Wildman–Crippen LogP) is -0.108. The number of urea groups is 1. The van der Waals surface area contributed by atoms with Gasteiger partial charge >= 0.3 is 6.03 Å². The molecule has 0 saturated carbocycles. The maximum atomic E-state index is 12.8. The van der Waals surface area contributed by atoms with Crippen LogP contribution in [0.3, 0.4) is 0 Å². The van der Waals surface area contributed by atoms with Crippen LogP contribution in [0, 0.1) is 5.82 Å². The Morgan fingerprint density at radius 2 is 2.18 bits per heavy atom. The zero-order chi connectivity index (χ0) is 12.8. The average molecular weight is 242 g/mol.